The van der Waals surface area contributed by atoms with Crippen LogP contribution in [0.4, 0.5) is 11.6 Å². The lowest BCUT2D eigenvalue weighted by atomic mass is 10.2. The van der Waals surface area contributed by atoms with Crippen LogP contribution in [0.2, 0.25) is 0 Å². The van der Waals surface area contributed by atoms with Crippen molar-refractivity contribution in [2.24, 2.45) is 0 Å². The van der Waals surface area contributed by atoms with Gasteiger partial charge < -0.3 is 5.32 Å². The minimum atomic E-state index is -0.540. The molecule has 2 heterocycles. The van der Waals surface area contributed by atoms with Crippen LogP contribution in [-0.4, -0.2) is 31.9 Å². The molecule has 0 bridgehead atoms. The van der Waals surface area contributed by atoms with Crippen LogP contribution in [0.3, 0.4) is 0 Å². The SMILES string of the molecule is CNc1ncc([N+](=O)[O-])c(-c2cncnc2)n1. The smallest absolute Gasteiger partial charge is 0.313 e. The topological polar surface area (TPSA) is 107 Å². The molecule has 0 atom stereocenters. The maximum Gasteiger partial charge on any atom is 0.313 e. The van der Waals surface area contributed by atoms with E-state index in [9.17, 15) is 10.1 Å². The summed E-state index contributed by atoms with van der Waals surface area (Å²) in [5.74, 6) is 0.300. The normalized spacial score (nSPS) is 9.94. The number of nitrogens with zero attached hydrogens (tertiary/aromatic N) is 5. The molecule has 8 heteroatoms. The van der Waals surface area contributed by atoms with E-state index in [1.54, 1.807) is 7.05 Å². The Morgan fingerprint density at radius 1 is 1.29 bits per heavy atom. The quantitative estimate of drug-likeness (QED) is 0.618. The van der Waals surface area contributed by atoms with Gasteiger partial charge in [0.2, 0.25) is 5.95 Å². The van der Waals surface area contributed by atoms with Crippen LogP contribution >= 0.6 is 0 Å². The molecule has 86 valence electrons. The minimum absolute atomic E-state index is 0.182. The maximum absolute atomic E-state index is 10.9. The molecule has 0 aliphatic heterocycles. The molecule has 2 aromatic heterocycles. The number of hydrogen-bond acceptors (Lipinski definition) is 7. The van der Waals surface area contributed by atoms with Crippen LogP contribution in [0.5, 0.6) is 0 Å². The standard InChI is InChI=1S/C9H8N6O2/c1-10-9-13-4-7(15(16)17)8(14-9)6-2-11-5-12-3-6/h2-5H,1H3,(H,10,13,14). The molecule has 0 saturated carbocycles. The molecule has 0 aromatic carbocycles. The van der Waals surface area contributed by atoms with E-state index in [1.165, 1.54) is 18.7 Å². The Kier molecular flexibility index (Phi) is 2.86. The molecule has 0 spiro atoms. The third kappa shape index (κ3) is 2.14. The third-order valence-corrected chi connectivity index (χ3v) is 2.02. The van der Waals surface area contributed by atoms with Crippen molar-refractivity contribution >= 4 is 11.6 Å². The molecule has 0 aliphatic carbocycles. The highest BCUT2D eigenvalue weighted by Crippen LogP contribution is 2.26. The zero-order valence-electron chi connectivity index (χ0n) is 8.86. The van der Waals surface area contributed by atoms with E-state index in [0.29, 0.717) is 11.5 Å². The number of aromatic nitrogens is 4. The second-order valence-electron chi connectivity index (χ2n) is 3.06. The second kappa shape index (κ2) is 4.47. The summed E-state index contributed by atoms with van der Waals surface area (Å²) in [5.41, 5.74) is 0.479. The lowest BCUT2D eigenvalue weighted by Crippen LogP contribution is -2.01. The molecule has 0 saturated heterocycles. The van der Waals surface area contributed by atoms with Crippen molar-refractivity contribution in [2.75, 3.05) is 12.4 Å². The molecule has 1 N–H and O–H groups in total. The Hall–Kier alpha value is -2.64. The summed E-state index contributed by atoms with van der Waals surface area (Å²) in [6, 6.07) is 0. The van der Waals surface area contributed by atoms with Crippen molar-refractivity contribution in [3.8, 4) is 11.3 Å². The van der Waals surface area contributed by atoms with Gasteiger partial charge in [-0.05, 0) is 0 Å². The largest absolute Gasteiger partial charge is 0.357 e. The number of anilines is 1. The highest BCUT2D eigenvalue weighted by Gasteiger charge is 2.18. The number of nitro groups is 1. The summed E-state index contributed by atoms with van der Waals surface area (Å²) in [5, 5.41) is 13.6. The Morgan fingerprint density at radius 2 is 2.00 bits per heavy atom. The highest BCUT2D eigenvalue weighted by molar-refractivity contribution is 5.68. The zero-order chi connectivity index (χ0) is 12.3. The lowest BCUT2D eigenvalue weighted by molar-refractivity contribution is -0.384. The Labute approximate surface area is 95.9 Å². The Balaban J connectivity index is 2.61. The van der Waals surface area contributed by atoms with Gasteiger partial charge in [0.15, 0.2) is 5.69 Å². The average molecular weight is 232 g/mol. The van der Waals surface area contributed by atoms with E-state index in [0.717, 1.165) is 6.20 Å². The first-order valence-corrected chi connectivity index (χ1v) is 4.67. The van der Waals surface area contributed by atoms with Crippen LogP contribution in [0.15, 0.2) is 24.9 Å². The molecule has 0 amide bonds. The van der Waals surface area contributed by atoms with Gasteiger partial charge in [0.05, 0.1) is 4.92 Å². The van der Waals surface area contributed by atoms with Crippen molar-refractivity contribution in [3.05, 3.63) is 35.0 Å². The predicted molar refractivity (Wildman–Crippen MR) is 59.3 cm³/mol. The highest BCUT2D eigenvalue weighted by atomic mass is 16.6. The maximum atomic E-state index is 10.9. The predicted octanol–water partition coefficient (Wildman–Crippen LogP) is 0.883. The zero-order valence-corrected chi connectivity index (χ0v) is 8.86. The van der Waals surface area contributed by atoms with Crippen LogP contribution in [0.1, 0.15) is 0 Å². The van der Waals surface area contributed by atoms with E-state index in [1.807, 2.05) is 0 Å². The molecular formula is C9H8N6O2. The molecular weight excluding hydrogens is 224 g/mol. The van der Waals surface area contributed by atoms with E-state index in [4.69, 9.17) is 0 Å². The molecule has 0 fully saturated rings. The molecule has 0 unspecified atom stereocenters. The van der Waals surface area contributed by atoms with Gasteiger partial charge in [-0.1, -0.05) is 0 Å². The first-order chi connectivity index (χ1) is 8.22. The van der Waals surface area contributed by atoms with Crippen molar-refractivity contribution in [1.82, 2.24) is 19.9 Å². The molecule has 8 nitrogen and oxygen atoms in total. The molecule has 0 aliphatic rings. The van der Waals surface area contributed by atoms with Gasteiger partial charge in [-0.25, -0.2) is 19.9 Å². The summed E-state index contributed by atoms with van der Waals surface area (Å²) in [6.07, 6.45) is 5.42. The monoisotopic (exact) mass is 232 g/mol. The summed E-state index contributed by atoms with van der Waals surface area (Å²) >= 11 is 0. The fraction of sp³-hybridized carbons (Fsp3) is 0.111. The van der Waals surface area contributed by atoms with Crippen molar-refractivity contribution in [3.63, 3.8) is 0 Å². The summed E-state index contributed by atoms with van der Waals surface area (Å²) in [7, 11) is 1.63. The summed E-state index contributed by atoms with van der Waals surface area (Å²) < 4.78 is 0. The van der Waals surface area contributed by atoms with Gasteiger partial charge in [0, 0.05) is 25.0 Å². The first-order valence-electron chi connectivity index (χ1n) is 4.67. The Bertz CT molecular complexity index is 544. The Morgan fingerprint density at radius 3 is 2.59 bits per heavy atom. The van der Waals surface area contributed by atoms with Crippen molar-refractivity contribution < 1.29 is 4.92 Å². The third-order valence-electron chi connectivity index (χ3n) is 2.02. The van der Waals surface area contributed by atoms with E-state index in [-0.39, 0.29) is 11.4 Å². The molecule has 2 rings (SSSR count). The molecule has 2 aromatic rings. The van der Waals surface area contributed by atoms with Gasteiger partial charge in [-0.3, -0.25) is 10.1 Å². The van der Waals surface area contributed by atoms with Gasteiger partial charge in [-0.2, -0.15) is 0 Å². The first kappa shape index (κ1) is 10.9. The van der Waals surface area contributed by atoms with Crippen LogP contribution < -0.4 is 5.32 Å². The van der Waals surface area contributed by atoms with Gasteiger partial charge >= 0.3 is 5.69 Å². The second-order valence-corrected chi connectivity index (χ2v) is 3.06. The fourth-order valence-corrected chi connectivity index (χ4v) is 1.26. The van der Waals surface area contributed by atoms with Gasteiger partial charge in [0.25, 0.3) is 0 Å². The summed E-state index contributed by atoms with van der Waals surface area (Å²) in [6.45, 7) is 0. The number of rotatable bonds is 3. The van der Waals surface area contributed by atoms with Crippen molar-refractivity contribution in [2.45, 2.75) is 0 Å². The van der Waals surface area contributed by atoms with Gasteiger partial charge in [0.1, 0.15) is 12.5 Å². The number of hydrogen-bond donors (Lipinski definition) is 1. The number of nitrogens with one attached hydrogen (secondary N) is 1. The minimum Gasteiger partial charge on any atom is -0.357 e. The van der Waals surface area contributed by atoms with E-state index < -0.39 is 4.92 Å². The fourth-order valence-electron chi connectivity index (χ4n) is 1.26. The molecule has 0 radical (unpaired) electrons. The molecule has 17 heavy (non-hydrogen) atoms. The van der Waals surface area contributed by atoms with Gasteiger partial charge in [-0.15, -0.1) is 0 Å². The lowest BCUT2D eigenvalue weighted by Gasteiger charge is -2.03. The van der Waals surface area contributed by atoms with E-state index >= 15 is 0 Å². The van der Waals surface area contributed by atoms with E-state index in [2.05, 4.69) is 25.3 Å². The summed E-state index contributed by atoms with van der Waals surface area (Å²) in [4.78, 5) is 25.8. The van der Waals surface area contributed by atoms with Crippen molar-refractivity contribution in [1.29, 1.82) is 0 Å². The van der Waals surface area contributed by atoms with Crippen LogP contribution in [0, 0.1) is 10.1 Å². The average Bonchev–Trinajstić information content (AvgIpc) is 2.39. The van der Waals surface area contributed by atoms with Crippen LogP contribution in [0.25, 0.3) is 11.3 Å². The van der Waals surface area contributed by atoms with Crippen LogP contribution in [-0.2, 0) is 0 Å².